The van der Waals surface area contributed by atoms with Gasteiger partial charge in [0.1, 0.15) is 0 Å². The summed E-state index contributed by atoms with van der Waals surface area (Å²) in [6.45, 7) is 2.21. The molecule has 1 aromatic rings. The van der Waals surface area contributed by atoms with Crippen LogP contribution in [0.5, 0.6) is 11.5 Å². The number of fused-ring (bicyclic) bond motifs is 1. The molecule has 0 saturated heterocycles. The van der Waals surface area contributed by atoms with Crippen LogP contribution in [0.4, 0.5) is 0 Å². The van der Waals surface area contributed by atoms with Crippen LogP contribution in [0, 0.1) is 0 Å². The van der Waals surface area contributed by atoms with E-state index in [2.05, 4.69) is 15.9 Å². The summed E-state index contributed by atoms with van der Waals surface area (Å²) in [4.78, 5) is 11.5. The second-order valence-electron chi connectivity index (χ2n) is 4.69. The first kappa shape index (κ1) is 11.8. The number of rotatable bonds is 3. The Bertz CT molecular complexity index is 534. The zero-order valence-electron chi connectivity index (χ0n) is 9.96. The van der Waals surface area contributed by atoms with E-state index in [1.54, 1.807) is 0 Å². The van der Waals surface area contributed by atoms with Gasteiger partial charge in [0.15, 0.2) is 11.5 Å². The van der Waals surface area contributed by atoms with Crippen LogP contribution in [0.3, 0.4) is 0 Å². The Kier molecular flexibility index (Phi) is 2.55. The first-order chi connectivity index (χ1) is 8.60. The van der Waals surface area contributed by atoms with Crippen molar-refractivity contribution in [2.45, 2.75) is 31.6 Å². The van der Waals surface area contributed by atoms with Crippen LogP contribution in [-0.2, 0) is 16.6 Å². The lowest BCUT2D eigenvalue weighted by atomic mass is 9.89. The molecule has 1 saturated carbocycles. The highest BCUT2D eigenvalue weighted by atomic mass is 79.9. The minimum absolute atomic E-state index is 0.195. The Balaban J connectivity index is 2.21. The van der Waals surface area contributed by atoms with Crippen molar-refractivity contribution in [3.63, 3.8) is 0 Å². The van der Waals surface area contributed by atoms with Crippen molar-refractivity contribution in [3.8, 4) is 11.5 Å². The van der Waals surface area contributed by atoms with Crippen molar-refractivity contribution in [2.75, 3.05) is 6.79 Å². The van der Waals surface area contributed by atoms with Crippen LogP contribution in [0.15, 0.2) is 10.5 Å². The molecule has 0 spiro atoms. The molecule has 1 fully saturated rings. The van der Waals surface area contributed by atoms with Gasteiger partial charge in [0.2, 0.25) is 6.79 Å². The van der Waals surface area contributed by atoms with E-state index in [-0.39, 0.29) is 6.79 Å². The first-order valence-electron chi connectivity index (χ1n) is 5.95. The summed E-state index contributed by atoms with van der Waals surface area (Å²) in [5.74, 6) is 0.585. The first-order valence-corrected chi connectivity index (χ1v) is 6.74. The fraction of sp³-hybridized carbons (Fsp3) is 0.462. The maximum Gasteiger partial charge on any atom is 0.314 e. The van der Waals surface area contributed by atoms with Crippen LogP contribution in [0.2, 0.25) is 0 Å². The molecular weight excluding hydrogens is 300 g/mol. The van der Waals surface area contributed by atoms with E-state index in [9.17, 15) is 9.90 Å². The Morgan fingerprint density at radius 2 is 2.22 bits per heavy atom. The fourth-order valence-corrected chi connectivity index (χ4v) is 3.34. The number of aliphatic carboxylic acids is 1. The quantitative estimate of drug-likeness (QED) is 0.932. The van der Waals surface area contributed by atoms with Crippen LogP contribution in [0.1, 0.15) is 30.9 Å². The smallest absolute Gasteiger partial charge is 0.314 e. The number of carboxylic acids is 1. The van der Waals surface area contributed by atoms with Gasteiger partial charge in [-0.05, 0) is 52.4 Å². The van der Waals surface area contributed by atoms with Crippen LogP contribution in [-0.4, -0.2) is 17.9 Å². The number of halogens is 1. The van der Waals surface area contributed by atoms with Gasteiger partial charge in [-0.2, -0.15) is 0 Å². The molecule has 0 amide bonds. The Morgan fingerprint density at radius 1 is 1.50 bits per heavy atom. The highest BCUT2D eigenvalue weighted by Gasteiger charge is 2.53. The van der Waals surface area contributed by atoms with Gasteiger partial charge in [0, 0.05) is 0 Å². The van der Waals surface area contributed by atoms with Crippen LogP contribution < -0.4 is 9.47 Å². The molecule has 1 heterocycles. The molecule has 96 valence electrons. The lowest BCUT2D eigenvalue weighted by Gasteiger charge is -2.17. The van der Waals surface area contributed by atoms with Crippen molar-refractivity contribution in [3.05, 3.63) is 21.7 Å². The number of benzene rings is 1. The molecule has 0 aromatic heterocycles. The van der Waals surface area contributed by atoms with E-state index < -0.39 is 11.4 Å². The van der Waals surface area contributed by atoms with Crippen molar-refractivity contribution >= 4 is 21.9 Å². The number of hydrogen-bond donors (Lipinski definition) is 1. The molecule has 0 unspecified atom stereocenters. The predicted molar refractivity (Wildman–Crippen MR) is 68.2 cm³/mol. The topological polar surface area (TPSA) is 55.8 Å². The maximum absolute atomic E-state index is 11.5. The highest BCUT2D eigenvalue weighted by molar-refractivity contribution is 9.10. The van der Waals surface area contributed by atoms with E-state index >= 15 is 0 Å². The third-order valence-corrected chi connectivity index (χ3v) is 4.57. The molecule has 0 bridgehead atoms. The SMILES string of the molecule is CCc1c(C2(C(=O)O)CC2)cc2c(c1Br)OCO2. The molecular formula is C13H13BrO4. The van der Waals surface area contributed by atoms with Crippen molar-refractivity contribution in [1.29, 1.82) is 0 Å². The number of carbonyl (C=O) groups is 1. The van der Waals surface area contributed by atoms with Gasteiger partial charge in [-0.1, -0.05) is 6.92 Å². The standard InChI is InChI=1S/C13H13BrO4/c1-2-7-8(13(3-4-13)12(15)16)5-9-11(10(7)14)18-6-17-9/h5H,2-4,6H2,1H3,(H,15,16). The lowest BCUT2D eigenvalue weighted by Crippen LogP contribution is -2.21. The van der Waals surface area contributed by atoms with Gasteiger partial charge in [-0.3, -0.25) is 4.79 Å². The van der Waals surface area contributed by atoms with Gasteiger partial charge < -0.3 is 14.6 Å². The van der Waals surface area contributed by atoms with Crippen molar-refractivity contribution < 1.29 is 19.4 Å². The summed E-state index contributed by atoms with van der Waals surface area (Å²) < 4.78 is 11.6. The Hall–Kier alpha value is -1.23. The maximum atomic E-state index is 11.5. The molecule has 1 aliphatic heterocycles. The molecule has 2 aliphatic rings. The number of ether oxygens (including phenoxy) is 2. The van der Waals surface area contributed by atoms with E-state index in [0.717, 1.165) is 22.0 Å². The van der Waals surface area contributed by atoms with Gasteiger partial charge in [0.25, 0.3) is 0 Å². The monoisotopic (exact) mass is 312 g/mol. The van der Waals surface area contributed by atoms with Crippen molar-refractivity contribution in [2.24, 2.45) is 0 Å². The molecule has 1 aliphatic carbocycles. The number of carboxylic acid groups (broad SMARTS) is 1. The third-order valence-electron chi connectivity index (χ3n) is 3.73. The molecule has 0 atom stereocenters. The second-order valence-corrected chi connectivity index (χ2v) is 5.48. The summed E-state index contributed by atoms with van der Waals surface area (Å²) >= 11 is 3.51. The largest absolute Gasteiger partial charge is 0.481 e. The van der Waals surface area contributed by atoms with E-state index in [1.165, 1.54) is 0 Å². The molecule has 18 heavy (non-hydrogen) atoms. The molecule has 4 nitrogen and oxygen atoms in total. The minimum Gasteiger partial charge on any atom is -0.481 e. The summed E-state index contributed by atoms with van der Waals surface area (Å²) in [6.07, 6.45) is 2.16. The zero-order valence-corrected chi connectivity index (χ0v) is 11.5. The van der Waals surface area contributed by atoms with E-state index in [1.807, 2.05) is 13.0 Å². The van der Waals surface area contributed by atoms with Gasteiger partial charge in [-0.15, -0.1) is 0 Å². The average molecular weight is 313 g/mol. The van der Waals surface area contributed by atoms with Gasteiger partial charge in [-0.25, -0.2) is 0 Å². The van der Waals surface area contributed by atoms with Crippen LogP contribution >= 0.6 is 15.9 Å². The minimum atomic E-state index is -0.747. The summed E-state index contributed by atoms with van der Waals surface area (Å²) in [5, 5.41) is 9.43. The van der Waals surface area contributed by atoms with Crippen molar-refractivity contribution in [1.82, 2.24) is 0 Å². The highest BCUT2D eigenvalue weighted by Crippen LogP contribution is 2.54. The molecule has 5 heteroatoms. The third kappa shape index (κ3) is 1.46. The Labute approximate surface area is 113 Å². The second kappa shape index (κ2) is 3.88. The van der Waals surface area contributed by atoms with E-state index in [0.29, 0.717) is 24.3 Å². The normalized spacial score (nSPS) is 18.8. The molecule has 0 radical (unpaired) electrons. The fourth-order valence-electron chi connectivity index (χ4n) is 2.54. The molecule has 3 rings (SSSR count). The van der Waals surface area contributed by atoms with E-state index in [4.69, 9.17) is 9.47 Å². The molecule has 1 aromatic carbocycles. The van der Waals surface area contributed by atoms with Crippen LogP contribution in [0.25, 0.3) is 0 Å². The van der Waals surface area contributed by atoms with Gasteiger partial charge in [0.05, 0.1) is 9.89 Å². The zero-order chi connectivity index (χ0) is 12.9. The molecule has 1 N–H and O–H groups in total. The average Bonchev–Trinajstić information content (AvgIpc) is 3.02. The number of hydrogen-bond acceptors (Lipinski definition) is 3. The predicted octanol–water partition coefficient (Wildman–Crippen LogP) is 2.86. The van der Waals surface area contributed by atoms with Gasteiger partial charge >= 0.3 is 5.97 Å². The summed E-state index contributed by atoms with van der Waals surface area (Å²) in [6, 6.07) is 1.84. The Morgan fingerprint density at radius 3 is 2.78 bits per heavy atom. The lowest BCUT2D eigenvalue weighted by molar-refractivity contribution is -0.140. The summed E-state index contributed by atoms with van der Waals surface area (Å²) in [5.41, 5.74) is 1.17. The summed E-state index contributed by atoms with van der Waals surface area (Å²) in [7, 11) is 0.